The predicted octanol–water partition coefficient (Wildman–Crippen LogP) is 3.98. The maximum atomic E-state index is 12.6. The molecule has 0 atom stereocenters. The minimum Gasteiger partial charge on any atom is -0.317 e. The summed E-state index contributed by atoms with van der Waals surface area (Å²) in [5.74, 6) is -0.857. The molecule has 0 aliphatic rings. The minimum absolute atomic E-state index is 0.123. The van der Waals surface area contributed by atoms with Crippen molar-refractivity contribution in [3.63, 3.8) is 0 Å². The molecule has 0 spiro atoms. The van der Waals surface area contributed by atoms with Gasteiger partial charge in [0.2, 0.25) is 0 Å². The Morgan fingerprint density at radius 3 is 2.43 bits per heavy atom. The Morgan fingerprint density at radius 2 is 1.71 bits per heavy atom. The van der Waals surface area contributed by atoms with Crippen LogP contribution >= 0.6 is 11.3 Å². The van der Waals surface area contributed by atoms with Crippen LogP contribution in [0.15, 0.2) is 82.9 Å². The highest BCUT2D eigenvalue weighted by atomic mass is 32.1. The number of benzene rings is 2. The van der Waals surface area contributed by atoms with Crippen molar-refractivity contribution < 1.29 is 9.59 Å². The van der Waals surface area contributed by atoms with Crippen molar-refractivity contribution in [3.8, 4) is 0 Å². The van der Waals surface area contributed by atoms with E-state index in [9.17, 15) is 9.59 Å². The molecule has 0 saturated carbocycles. The van der Waals surface area contributed by atoms with Crippen LogP contribution < -0.4 is 10.7 Å². The molecule has 140 valence electrons. The van der Waals surface area contributed by atoms with E-state index in [1.165, 1.54) is 11.3 Å². The molecule has 0 bridgehead atoms. The quantitative estimate of drug-likeness (QED) is 0.380. The van der Waals surface area contributed by atoms with E-state index in [0.717, 1.165) is 16.0 Å². The maximum absolute atomic E-state index is 12.6. The zero-order valence-corrected chi connectivity index (χ0v) is 16.1. The summed E-state index contributed by atoms with van der Waals surface area (Å²) in [7, 11) is 0. The molecular formula is C22H19N3O2S. The summed E-state index contributed by atoms with van der Waals surface area (Å²) < 4.78 is 0. The Bertz CT molecular complexity index is 1010. The molecule has 28 heavy (non-hydrogen) atoms. The highest BCUT2D eigenvalue weighted by Gasteiger charge is 2.14. The van der Waals surface area contributed by atoms with Gasteiger partial charge in [-0.1, -0.05) is 48.5 Å². The Labute approximate surface area is 167 Å². The Kier molecular flexibility index (Phi) is 6.49. The first-order valence-corrected chi connectivity index (χ1v) is 9.52. The van der Waals surface area contributed by atoms with Crippen LogP contribution in [0.1, 0.15) is 26.4 Å². The van der Waals surface area contributed by atoms with Gasteiger partial charge in [-0.15, -0.1) is 11.3 Å². The number of hydrogen-bond donors (Lipinski definition) is 2. The summed E-state index contributed by atoms with van der Waals surface area (Å²) in [5.41, 5.74) is 5.02. The van der Waals surface area contributed by atoms with Gasteiger partial charge in [0.25, 0.3) is 11.8 Å². The Morgan fingerprint density at radius 1 is 0.964 bits per heavy atom. The van der Waals surface area contributed by atoms with Crippen molar-refractivity contribution in [1.82, 2.24) is 10.7 Å². The lowest BCUT2D eigenvalue weighted by atomic mass is 10.1. The first-order valence-electron chi connectivity index (χ1n) is 8.64. The third-order valence-electron chi connectivity index (χ3n) is 3.92. The average Bonchev–Trinajstić information content (AvgIpc) is 3.22. The fourth-order valence-corrected chi connectivity index (χ4v) is 3.07. The summed E-state index contributed by atoms with van der Waals surface area (Å²) in [6, 6.07) is 20.2. The van der Waals surface area contributed by atoms with Gasteiger partial charge in [0.05, 0.1) is 6.21 Å². The van der Waals surface area contributed by atoms with Crippen LogP contribution in [0.2, 0.25) is 0 Å². The normalized spacial score (nSPS) is 11.4. The number of nitrogens with one attached hydrogen (secondary N) is 2. The van der Waals surface area contributed by atoms with E-state index in [-0.39, 0.29) is 11.6 Å². The molecule has 6 heteroatoms. The van der Waals surface area contributed by atoms with Crippen molar-refractivity contribution in [2.75, 3.05) is 0 Å². The van der Waals surface area contributed by atoms with Gasteiger partial charge >= 0.3 is 0 Å². The van der Waals surface area contributed by atoms with E-state index in [1.54, 1.807) is 36.6 Å². The van der Waals surface area contributed by atoms with Gasteiger partial charge in [0.15, 0.2) is 0 Å². The Hall–Kier alpha value is -3.51. The van der Waals surface area contributed by atoms with Crippen LogP contribution in [0.5, 0.6) is 0 Å². The van der Waals surface area contributed by atoms with Gasteiger partial charge in [-0.05, 0) is 47.7 Å². The number of hydrogen-bond acceptors (Lipinski definition) is 4. The number of rotatable bonds is 6. The van der Waals surface area contributed by atoms with Crippen molar-refractivity contribution in [2.45, 2.75) is 6.92 Å². The first kappa shape index (κ1) is 19.3. The third kappa shape index (κ3) is 5.25. The van der Waals surface area contributed by atoms with Gasteiger partial charge in [0.1, 0.15) is 5.70 Å². The first-order chi connectivity index (χ1) is 13.6. The number of aryl methyl sites for hydroxylation is 1. The van der Waals surface area contributed by atoms with Gasteiger partial charge in [-0.2, -0.15) is 5.10 Å². The van der Waals surface area contributed by atoms with Crippen LogP contribution in [0.4, 0.5) is 0 Å². The summed E-state index contributed by atoms with van der Waals surface area (Å²) in [6.07, 6.45) is 3.21. The molecule has 1 heterocycles. The van der Waals surface area contributed by atoms with Crippen molar-refractivity contribution >= 4 is 35.4 Å². The second-order valence-corrected chi connectivity index (χ2v) is 6.93. The topological polar surface area (TPSA) is 70.6 Å². The molecule has 0 saturated heterocycles. The third-order valence-corrected chi connectivity index (χ3v) is 4.74. The molecule has 0 aliphatic carbocycles. The van der Waals surface area contributed by atoms with E-state index in [2.05, 4.69) is 15.8 Å². The van der Waals surface area contributed by atoms with Crippen molar-refractivity contribution in [3.05, 3.63) is 99.4 Å². The molecule has 0 fully saturated rings. The SMILES string of the molecule is Cc1ccccc1C=NNC(=O)C(=Cc1cccs1)NC(=O)c1ccccc1. The van der Waals surface area contributed by atoms with Crippen LogP contribution in [-0.4, -0.2) is 18.0 Å². The van der Waals surface area contributed by atoms with Crippen LogP contribution in [0.3, 0.4) is 0 Å². The summed E-state index contributed by atoms with van der Waals surface area (Å²) >= 11 is 1.47. The number of thiophene rings is 1. The molecule has 0 radical (unpaired) electrons. The summed E-state index contributed by atoms with van der Waals surface area (Å²) in [5, 5.41) is 8.59. The lowest BCUT2D eigenvalue weighted by Gasteiger charge is -2.08. The van der Waals surface area contributed by atoms with E-state index in [4.69, 9.17) is 0 Å². The molecule has 3 aromatic rings. The standard InChI is InChI=1S/C22H19N3O2S/c1-16-8-5-6-11-18(16)15-23-25-22(27)20(14-19-12-7-13-28-19)24-21(26)17-9-3-2-4-10-17/h2-15H,1H3,(H,24,26)(H,25,27). The zero-order valence-electron chi connectivity index (χ0n) is 15.3. The molecule has 2 aromatic carbocycles. The van der Waals surface area contributed by atoms with Gasteiger partial charge in [0, 0.05) is 10.4 Å². The lowest BCUT2D eigenvalue weighted by Crippen LogP contribution is -2.32. The molecule has 3 rings (SSSR count). The fraction of sp³-hybridized carbons (Fsp3) is 0.0455. The molecule has 2 N–H and O–H groups in total. The second-order valence-electron chi connectivity index (χ2n) is 5.95. The lowest BCUT2D eigenvalue weighted by molar-refractivity contribution is -0.117. The van der Waals surface area contributed by atoms with Gasteiger partial charge in [-0.3, -0.25) is 9.59 Å². The molecule has 0 unspecified atom stereocenters. The van der Waals surface area contributed by atoms with E-state index < -0.39 is 5.91 Å². The molecular weight excluding hydrogens is 370 g/mol. The maximum Gasteiger partial charge on any atom is 0.287 e. The summed E-state index contributed by atoms with van der Waals surface area (Å²) in [4.78, 5) is 25.9. The second kappa shape index (κ2) is 9.43. The van der Waals surface area contributed by atoms with Crippen molar-refractivity contribution in [1.29, 1.82) is 0 Å². The van der Waals surface area contributed by atoms with Crippen LogP contribution in [-0.2, 0) is 4.79 Å². The molecule has 5 nitrogen and oxygen atoms in total. The Balaban J connectivity index is 1.76. The summed E-state index contributed by atoms with van der Waals surface area (Å²) in [6.45, 7) is 1.96. The van der Waals surface area contributed by atoms with E-state index in [1.807, 2.05) is 54.8 Å². The van der Waals surface area contributed by atoms with E-state index >= 15 is 0 Å². The van der Waals surface area contributed by atoms with Crippen molar-refractivity contribution in [2.24, 2.45) is 5.10 Å². The minimum atomic E-state index is -0.498. The largest absolute Gasteiger partial charge is 0.317 e. The smallest absolute Gasteiger partial charge is 0.287 e. The number of hydrazone groups is 1. The molecule has 2 amide bonds. The van der Waals surface area contributed by atoms with E-state index in [0.29, 0.717) is 5.56 Å². The van der Waals surface area contributed by atoms with Crippen LogP contribution in [0, 0.1) is 6.92 Å². The highest BCUT2D eigenvalue weighted by Crippen LogP contribution is 2.13. The fourth-order valence-electron chi connectivity index (χ4n) is 2.41. The number of nitrogens with zero attached hydrogens (tertiary/aromatic N) is 1. The molecule has 0 aliphatic heterocycles. The van der Waals surface area contributed by atoms with Gasteiger partial charge < -0.3 is 5.32 Å². The van der Waals surface area contributed by atoms with Crippen LogP contribution in [0.25, 0.3) is 6.08 Å². The average molecular weight is 389 g/mol. The monoisotopic (exact) mass is 389 g/mol. The zero-order chi connectivity index (χ0) is 19.8. The highest BCUT2D eigenvalue weighted by molar-refractivity contribution is 7.10. The predicted molar refractivity (Wildman–Crippen MR) is 113 cm³/mol. The number of carbonyl (C=O) groups excluding carboxylic acids is 2. The van der Waals surface area contributed by atoms with Gasteiger partial charge in [-0.25, -0.2) is 5.43 Å². The number of carbonyl (C=O) groups is 2. The molecule has 1 aromatic heterocycles. The number of amides is 2.